The van der Waals surface area contributed by atoms with E-state index in [1.807, 2.05) is 72.8 Å². The van der Waals surface area contributed by atoms with Crippen molar-refractivity contribution < 1.29 is 17.9 Å². The number of carbonyl (C=O) groups excluding carboxylic acids is 1. The van der Waals surface area contributed by atoms with Crippen LogP contribution in [0.2, 0.25) is 0 Å². The lowest BCUT2D eigenvalue weighted by Crippen LogP contribution is -2.27. The molecule has 32 heavy (non-hydrogen) atoms. The van der Waals surface area contributed by atoms with Crippen molar-refractivity contribution in [2.24, 2.45) is 0 Å². The van der Waals surface area contributed by atoms with Crippen molar-refractivity contribution >= 4 is 21.6 Å². The summed E-state index contributed by atoms with van der Waals surface area (Å²) in [4.78, 5) is 13.1. The summed E-state index contributed by atoms with van der Waals surface area (Å²) in [6.45, 7) is 0.252. The first-order chi connectivity index (χ1) is 15.3. The van der Waals surface area contributed by atoms with E-state index >= 15 is 0 Å². The lowest BCUT2D eigenvalue weighted by atomic mass is 9.94. The number of benzene rings is 3. The summed E-state index contributed by atoms with van der Waals surface area (Å²) in [7, 11) is -1.61. The van der Waals surface area contributed by atoms with Crippen LogP contribution in [-0.2, 0) is 26.8 Å². The van der Waals surface area contributed by atoms with E-state index in [-0.39, 0.29) is 12.5 Å². The smallest absolute Gasteiger partial charge is 0.235 e. The van der Waals surface area contributed by atoms with Gasteiger partial charge < -0.3 is 10.1 Å². The van der Waals surface area contributed by atoms with Crippen LogP contribution < -0.4 is 14.8 Å². The topological polar surface area (TPSA) is 84.5 Å². The van der Waals surface area contributed by atoms with Gasteiger partial charge in [-0.15, -0.1) is 0 Å². The minimum atomic E-state index is -3.23. The number of sulfonamides is 1. The van der Waals surface area contributed by atoms with Crippen LogP contribution in [0.5, 0.6) is 5.75 Å². The maximum atomic E-state index is 13.1. The van der Waals surface area contributed by atoms with E-state index in [0.29, 0.717) is 0 Å². The van der Waals surface area contributed by atoms with Gasteiger partial charge in [0, 0.05) is 12.2 Å². The Kier molecular flexibility index (Phi) is 6.04. The Bertz CT molecular complexity index is 1230. The SMILES string of the molecule is COc1cccc(C2(C(=O)Nc3cccc(-c4ccc(CNS(C)(=O)=O)cc4)c3)CC2)c1. The second-order valence-electron chi connectivity index (χ2n) is 8.14. The van der Waals surface area contributed by atoms with E-state index in [1.54, 1.807) is 7.11 Å². The Morgan fingerprint density at radius 1 is 0.969 bits per heavy atom. The monoisotopic (exact) mass is 450 g/mol. The molecule has 0 atom stereocenters. The fourth-order valence-corrected chi connectivity index (χ4v) is 4.18. The fraction of sp³-hybridized carbons (Fsp3) is 0.240. The van der Waals surface area contributed by atoms with Crippen LogP contribution in [-0.4, -0.2) is 27.7 Å². The van der Waals surface area contributed by atoms with Gasteiger partial charge in [0.2, 0.25) is 15.9 Å². The van der Waals surface area contributed by atoms with E-state index in [0.717, 1.165) is 52.8 Å². The number of hydrogen-bond donors (Lipinski definition) is 2. The highest BCUT2D eigenvalue weighted by atomic mass is 32.2. The molecule has 7 heteroatoms. The van der Waals surface area contributed by atoms with E-state index in [2.05, 4.69) is 10.0 Å². The van der Waals surface area contributed by atoms with Crippen molar-refractivity contribution in [3.63, 3.8) is 0 Å². The van der Waals surface area contributed by atoms with Crippen molar-refractivity contribution in [2.45, 2.75) is 24.8 Å². The molecule has 3 aromatic rings. The summed E-state index contributed by atoms with van der Waals surface area (Å²) >= 11 is 0. The van der Waals surface area contributed by atoms with Crippen LogP contribution in [0.1, 0.15) is 24.0 Å². The van der Waals surface area contributed by atoms with Crippen LogP contribution in [0.3, 0.4) is 0 Å². The molecular weight excluding hydrogens is 424 g/mol. The van der Waals surface area contributed by atoms with Gasteiger partial charge in [0.05, 0.1) is 18.8 Å². The molecule has 166 valence electrons. The van der Waals surface area contributed by atoms with Crippen LogP contribution in [0.25, 0.3) is 11.1 Å². The molecule has 4 rings (SSSR count). The van der Waals surface area contributed by atoms with E-state index in [4.69, 9.17) is 4.74 Å². The highest BCUT2D eigenvalue weighted by Gasteiger charge is 2.51. The number of hydrogen-bond acceptors (Lipinski definition) is 4. The number of nitrogens with one attached hydrogen (secondary N) is 2. The minimum absolute atomic E-state index is 0.00917. The third-order valence-corrected chi connectivity index (χ3v) is 6.42. The van der Waals surface area contributed by atoms with Gasteiger partial charge in [0.1, 0.15) is 5.75 Å². The van der Waals surface area contributed by atoms with Gasteiger partial charge in [0.25, 0.3) is 0 Å². The Balaban J connectivity index is 1.48. The summed E-state index contributed by atoms with van der Waals surface area (Å²) in [5.41, 5.74) is 4.04. The average Bonchev–Trinajstić information content (AvgIpc) is 3.60. The summed E-state index contributed by atoms with van der Waals surface area (Å²) in [5, 5.41) is 3.08. The second kappa shape index (κ2) is 8.76. The molecule has 0 radical (unpaired) electrons. The summed E-state index contributed by atoms with van der Waals surface area (Å²) in [6.07, 6.45) is 2.77. The van der Waals surface area contributed by atoms with E-state index in [9.17, 15) is 13.2 Å². The summed E-state index contributed by atoms with van der Waals surface area (Å²) in [6, 6.07) is 23.1. The molecule has 0 aliphatic heterocycles. The van der Waals surface area contributed by atoms with E-state index in [1.165, 1.54) is 0 Å². The lowest BCUT2D eigenvalue weighted by molar-refractivity contribution is -0.118. The van der Waals surface area contributed by atoms with Crippen molar-refractivity contribution in [3.8, 4) is 16.9 Å². The van der Waals surface area contributed by atoms with Gasteiger partial charge >= 0.3 is 0 Å². The highest BCUT2D eigenvalue weighted by Crippen LogP contribution is 2.49. The van der Waals surface area contributed by atoms with Gasteiger partial charge in [0.15, 0.2) is 0 Å². The normalized spacial score (nSPS) is 14.6. The van der Waals surface area contributed by atoms with Gasteiger partial charge in [-0.1, -0.05) is 48.5 Å². The molecule has 0 saturated heterocycles. The van der Waals surface area contributed by atoms with Crippen molar-refractivity contribution in [1.29, 1.82) is 0 Å². The zero-order valence-corrected chi connectivity index (χ0v) is 18.9. The number of rotatable bonds is 8. The third-order valence-electron chi connectivity index (χ3n) is 5.75. The van der Waals surface area contributed by atoms with Gasteiger partial charge in [-0.05, 0) is 59.4 Å². The number of ether oxygens (including phenoxy) is 1. The molecule has 1 fully saturated rings. The van der Waals surface area contributed by atoms with Crippen LogP contribution in [0.15, 0.2) is 72.8 Å². The molecule has 0 aromatic heterocycles. The van der Waals surface area contributed by atoms with Crippen molar-refractivity contribution in [1.82, 2.24) is 4.72 Å². The first kappa shape index (κ1) is 22.0. The molecule has 1 amide bonds. The first-order valence-electron chi connectivity index (χ1n) is 10.4. The number of methoxy groups -OCH3 is 1. The lowest BCUT2D eigenvalue weighted by Gasteiger charge is -2.17. The van der Waals surface area contributed by atoms with Crippen molar-refractivity contribution in [2.75, 3.05) is 18.7 Å². The second-order valence-corrected chi connectivity index (χ2v) is 9.97. The number of anilines is 1. The predicted octanol–water partition coefficient (Wildman–Crippen LogP) is 4.08. The quantitative estimate of drug-likeness (QED) is 0.542. The van der Waals surface area contributed by atoms with Crippen LogP contribution in [0, 0.1) is 0 Å². The van der Waals surface area contributed by atoms with Crippen LogP contribution >= 0.6 is 0 Å². The standard InChI is InChI=1S/C25H26N2O4S/c1-31-23-8-4-6-21(16-23)25(13-14-25)24(28)27-22-7-3-5-20(15-22)19-11-9-18(10-12-19)17-26-32(2,29)30/h3-12,15-16,26H,13-14,17H2,1-2H3,(H,27,28). The molecule has 1 aliphatic carbocycles. The summed E-state index contributed by atoms with van der Waals surface area (Å²) in [5.74, 6) is 0.740. The fourth-order valence-electron chi connectivity index (χ4n) is 3.75. The molecule has 1 aliphatic rings. The summed E-state index contributed by atoms with van der Waals surface area (Å²) < 4.78 is 30.3. The molecule has 2 N–H and O–H groups in total. The van der Waals surface area contributed by atoms with Gasteiger partial charge in [-0.25, -0.2) is 13.1 Å². The Hall–Kier alpha value is -3.16. The van der Waals surface area contributed by atoms with Crippen molar-refractivity contribution in [3.05, 3.63) is 83.9 Å². The number of amides is 1. The largest absolute Gasteiger partial charge is 0.497 e. The molecule has 3 aromatic carbocycles. The maximum Gasteiger partial charge on any atom is 0.235 e. The molecule has 6 nitrogen and oxygen atoms in total. The highest BCUT2D eigenvalue weighted by molar-refractivity contribution is 7.88. The molecule has 0 unspecified atom stereocenters. The predicted molar refractivity (Wildman–Crippen MR) is 126 cm³/mol. The molecule has 0 heterocycles. The maximum absolute atomic E-state index is 13.1. The molecular formula is C25H26N2O4S. The van der Waals surface area contributed by atoms with Gasteiger partial charge in [-0.2, -0.15) is 0 Å². The average molecular weight is 451 g/mol. The van der Waals surface area contributed by atoms with Gasteiger partial charge in [-0.3, -0.25) is 4.79 Å². The molecule has 0 bridgehead atoms. The molecule has 0 spiro atoms. The number of carbonyl (C=O) groups is 1. The molecule has 1 saturated carbocycles. The van der Waals surface area contributed by atoms with E-state index < -0.39 is 15.4 Å². The zero-order valence-electron chi connectivity index (χ0n) is 18.1. The first-order valence-corrected chi connectivity index (χ1v) is 12.3. The minimum Gasteiger partial charge on any atom is -0.497 e. The third kappa shape index (κ3) is 5.00. The zero-order chi connectivity index (χ0) is 22.8. The Morgan fingerprint density at radius 2 is 1.69 bits per heavy atom. The Morgan fingerprint density at radius 3 is 2.34 bits per heavy atom. The Labute approximate surface area is 188 Å². The van der Waals surface area contributed by atoms with Crippen LogP contribution in [0.4, 0.5) is 5.69 Å².